The molecule has 1 aliphatic rings. The summed E-state index contributed by atoms with van der Waals surface area (Å²) >= 11 is 0. The average molecular weight is 1150 g/mol. The first-order valence-corrected chi connectivity index (χ1v) is 36.4. The van der Waals surface area contributed by atoms with Gasteiger partial charge in [0.25, 0.3) is 0 Å². The minimum atomic E-state index is -1.56. The number of rotatable bonds is 65. The molecule has 81 heavy (non-hydrogen) atoms. The van der Waals surface area contributed by atoms with E-state index in [9.17, 15) is 30.3 Å². The molecule has 0 aromatic heterocycles. The zero-order valence-electron chi connectivity index (χ0n) is 54.1. The first kappa shape index (κ1) is 77.9. The summed E-state index contributed by atoms with van der Waals surface area (Å²) in [6.07, 6.45) is 73.3. The van der Waals surface area contributed by atoms with Crippen LogP contribution in [0, 0.1) is 0 Å². The molecule has 6 N–H and O–H groups in total. The lowest BCUT2D eigenvalue weighted by atomic mass is 9.99. The maximum absolute atomic E-state index is 13.1. The molecule has 0 aliphatic carbocycles. The van der Waals surface area contributed by atoms with Gasteiger partial charge >= 0.3 is 0 Å². The van der Waals surface area contributed by atoms with Crippen molar-refractivity contribution >= 4 is 5.91 Å². The van der Waals surface area contributed by atoms with Gasteiger partial charge in [-0.1, -0.05) is 373 Å². The Labute approximate surface area is 503 Å². The van der Waals surface area contributed by atoms with Crippen LogP contribution >= 0.6 is 0 Å². The van der Waals surface area contributed by atoms with E-state index in [0.717, 1.165) is 38.5 Å². The van der Waals surface area contributed by atoms with E-state index in [2.05, 4.69) is 19.2 Å². The van der Waals surface area contributed by atoms with Crippen molar-refractivity contribution in [3.05, 3.63) is 12.2 Å². The molecule has 0 bridgehead atoms. The van der Waals surface area contributed by atoms with Gasteiger partial charge in [0.1, 0.15) is 24.4 Å². The second-order valence-corrected chi connectivity index (χ2v) is 25.8. The van der Waals surface area contributed by atoms with Gasteiger partial charge in [-0.2, -0.15) is 0 Å². The molecule has 482 valence electrons. The molecule has 0 aromatic rings. The van der Waals surface area contributed by atoms with Gasteiger partial charge in [0.2, 0.25) is 5.91 Å². The fraction of sp³-hybridized carbons (Fsp3) is 0.958. The summed E-state index contributed by atoms with van der Waals surface area (Å²) in [4.78, 5) is 13.1. The highest BCUT2D eigenvalue weighted by Gasteiger charge is 2.44. The highest BCUT2D eigenvalue weighted by atomic mass is 16.7. The van der Waals surface area contributed by atoms with Crippen molar-refractivity contribution in [3.63, 3.8) is 0 Å². The standard InChI is InChI=1S/C72H141NO8/c1-3-5-7-9-11-13-15-17-19-21-23-25-27-29-30-31-32-33-34-35-36-38-39-41-43-45-47-49-51-53-55-57-59-61-66(75)65(64-80-72-71(79)70(78)69(77)67(63-74)81-72)73-68(76)62-60-58-56-54-52-50-48-46-44-42-40-37-28-26-24-22-20-18-16-14-12-10-8-6-4-2/h59,61,65-67,69-72,74-75,77-79H,3-58,60,62-64H2,1-2H3,(H,73,76)/b61-59+. The van der Waals surface area contributed by atoms with Crippen molar-refractivity contribution < 1.29 is 39.8 Å². The monoisotopic (exact) mass is 1150 g/mol. The number of hydrogen-bond acceptors (Lipinski definition) is 8. The van der Waals surface area contributed by atoms with Crippen LogP contribution in [0.3, 0.4) is 0 Å². The number of ether oxygens (including phenoxy) is 2. The maximum atomic E-state index is 13.1. The van der Waals surface area contributed by atoms with E-state index in [4.69, 9.17) is 9.47 Å². The van der Waals surface area contributed by atoms with Crippen molar-refractivity contribution in [3.8, 4) is 0 Å². The Morgan fingerprint density at radius 1 is 0.407 bits per heavy atom. The summed E-state index contributed by atoms with van der Waals surface area (Å²) < 4.78 is 11.3. The Bertz CT molecular complexity index is 1280. The Kier molecular flexibility index (Phi) is 59.7. The van der Waals surface area contributed by atoms with E-state index in [0.29, 0.717) is 6.42 Å². The molecule has 1 heterocycles. The minimum Gasteiger partial charge on any atom is -0.394 e. The number of unbranched alkanes of at least 4 members (excludes halogenated alkanes) is 55. The van der Waals surface area contributed by atoms with Crippen LogP contribution in [0.25, 0.3) is 0 Å². The smallest absolute Gasteiger partial charge is 0.220 e. The first-order valence-electron chi connectivity index (χ1n) is 36.4. The fourth-order valence-electron chi connectivity index (χ4n) is 12.2. The SMILES string of the molecule is CCCCCCCCCCCCCCCCCCCCCCCCCCCCCCCCC/C=C/C(O)C(COC1OC(CO)C(O)C(O)C1O)NC(=O)CCCCCCCCCCCCCCCCCCCCCCCCCCC. The van der Waals surface area contributed by atoms with Crippen molar-refractivity contribution in [2.75, 3.05) is 13.2 Å². The third-order valence-electron chi connectivity index (χ3n) is 17.9. The second kappa shape index (κ2) is 62.0. The van der Waals surface area contributed by atoms with Gasteiger partial charge in [-0.15, -0.1) is 0 Å². The van der Waals surface area contributed by atoms with E-state index in [1.165, 1.54) is 327 Å². The Hall–Kier alpha value is -1.07. The van der Waals surface area contributed by atoms with Crippen LogP contribution in [0.5, 0.6) is 0 Å². The molecule has 7 unspecified atom stereocenters. The van der Waals surface area contributed by atoms with Crippen molar-refractivity contribution in [1.82, 2.24) is 5.32 Å². The van der Waals surface area contributed by atoms with Gasteiger partial charge in [-0.3, -0.25) is 4.79 Å². The lowest BCUT2D eigenvalue weighted by Gasteiger charge is -2.40. The van der Waals surface area contributed by atoms with E-state index in [-0.39, 0.29) is 12.5 Å². The average Bonchev–Trinajstić information content (AvgIpc) is 3.47. The summed E-state index contributed by atoms with van der Waals surface area (Å²) in [5, 5.41) is 54.8. The molecule has 1 saturated heterocycles. The second-order valence-electron chi connectivity index (χ2n) is 25.8. The van der Waals surface area contributed by atoms with E-state index in [1.54, 1.807) is 6.08 Å². The quantitative estimate of drug-likeness (QED) is 0.0261. The van der Waals surface area contributed by atoms with Crippen LogP contribution in [0.2, 0.25) is 0 Å². The Morgan fingerprint density at radius 2 is 0.679 bits per heavy atom. The maximum Gasteiger partial charge on any atom is 0.220 e. The van der Waals surface area contributed by atoms with E-state index < -0.39 is 49.5 Å². The van der Waals surface area contributed by atoms with Gasteiger partial charge in [0.05, 0.1) is 25.4 Å². The van der Waals surface area contributed by atoms with Crippen LogP contribution in [0.15, 0.2) is 12.2 Å². The zero-order valence-corrected chi connectivity index (χ0v) is 54.1. The molecule has 9 heteroatoms. The van der Waals surface area contributed by atoms with E-state index in [1.807, 2.05) is 6.08 Å². The number of allylic oxidation sites excluding steroid dienone is 1. The molecule has 7 atom stereocenters. The topological polar surface area (TPSA) is 149 Å². The van der Waals surface area contributed by atoms with E-state index >= 15 is 0 Å². The predicted molar refractivity (Wildman–Crippen MR) is 346 cm³/mol. The molecule has 1 amide bonds. The van der Waals surface area contributed by atoms with Crippen molar-refractivity contribution in [1.29, 1.82) is 0 Å². The van der Waals surface area contributed by atoms with Crippen molar-refractivity contribution in [2.45, 2.75) is 429 Å². The van der Waals surface area contributed by atoms with Gasteiger partial charge in [-0.25, -0.2) is 0 Å². The largest absolute Gasteiger partial charge is 0.394 e. The molecule has 9 nitrogen and oxygen atoms in total. The number of carbonyl (C=O) groups is 1. The molecular formula is C72H141NO8. The summed E-state index contributed by atoms with van der Waals surface area (Å²) in [5.41, 5.74) is 0. The molecule has 0 radical (unpaired) electrons. The Balaban J connectivity index is 2.10. The van der Waals surface area contributed by atoms with Crippen LogP contribution in [0.4, 0.5) is 0 Å². The van der Waals surface area contributed by atoms with Crippen LogP contribution in [0.1, 0.15) is 386 Å². The summed E-state index contributed by atoms with van der Waals surface area (Å²) in [7, 11) is 0. The molecule has 0 spiro atoms. The number of amides is 1. The lowest BCUT2D eigenvalue weighted by Crippen LogP contribution is -2.60. The van der Waals surface area contributed by atoms with Gasteiger partial charge < -0.3 is 40.3 Å². The number of hydrogen-bond donors (Lipinski definition) is 6. The fourth-order valence-corrected chi connectivity index (χ4v) is 12.2. The lowest BCUT2D eigenvalue weighted by molar-refractivity contribution is -0.302. The predicted octanol–water partition coefficient (Wildman–Crippen LogP) is 19.9. The number of nitrogens with one attached hydrogen (secondary N) is 1. The first-order chi connectivity index (χ1) is 39.8. The molecule has 1 aliphatic heterocycles. The number of carbonyl (C=O) groups excluding carboxylic acids is 1. The molecule has 0 saturated carbocycles. The molecular weight excluding hydrogens is 1010 g/mol. The van der Waals surface area contributed by atoms with Gasteiger partial charge in [0.15, 0.2) is 6.29 Å². The third-order valence-corrected chi connectivity index (χ3v) is 17.9. The third kappa shape index (κ3) is 50.8. The van der Waals surface area contributed by atoms with Gasteiger partial charge in [0, 0.05) is 6.42 Å². The summed E-state index contributed by atoms with van der Waals surface area (Å²) in [6.45, 7) is 3.85. The summed E-state index contributed by atoms with van der Waals surface area (Å²) in [5.74, 6) is -0.167. The van der Waals surface area contributed by atoms with Crippen LogP contribution in [-0.2, 0) is 14.3 Å². The Morgan fingerprint density at radius 3 is 0.963 bits per heavy atom. The number of aliphatic hydroxyl groups excluding tert-OH is 5. The highest BCUT2D eigenvalue weighted by molar-refractivity contribution is 5.76. The van der Waals surface area contributed by atoms with Crippen LogP contribution < -0.4 is 5.32 Å². The molecule has 0 aromatic carbocycles. The minimum absolute atomic E-state index is 0.167. The van der Waals surface area contributed by atoms with Crippen LogP contribution in [-0.4, -0.2) is 87.5 Å². The zero-order chi connectivity index (χ0) is 58.6. The number of aliphatic hydroxyl groups is 5. The molecule has 1 rings (SSSR count). The summed E-state index contributed by atoms with van der Waals surface area (Å²) in [6, 6.07) is -0.802. The molecule has 1 fully saturated rings. The van der Waals surface area contributed by atoms with Crippen molar-refractivity contribution in [2.24, 2.45) is 0 Å². The normalized spacial score (nSPS) is 18.3. The van der Waals surface area contributed by atoms with Gasteiger partial charge in [-0.05, 0) is 19.3 Å². The highest BCUT2D eigenvalue weighted by Crippen LogP contribution is 2.24.